The molecule has 0 unspecified atom stereocenters. The van der Waals surface area contributed by atoms with Gasteiger partial charge in [0, 0.05) is 12.3 Å². The number of aliphatic hydroxyl groups is 1. The summed E-state index contributed by atoms with van der Waals surface area (Å²) in [7, 11) is 1.53. The quantitative estimate of drug-likeness (QED) is 0.495. The normalized spacial score (nSPS) is 11.0. The average molecular weight is 388 g/mol. The average Bonchev–Trinajstić information content (AvgIpc) is 3.06. The number of aliphatic hydroxyl groups excluding tert-OH is 1. The molecule has 3 aromatic heterocycles. The number of unbranched alkanes of at least 4 members (excludes halogenated alkanes) is 1. The molecular formula is C18H24N6O4. The summed E-state index contributed by atoms with van der Waals surface area (Å²) in [5.41, 5.74) is 7.91. The molecule has 3 aromatic rings. The molecule has 0 aliphatic carbocycles. The van der Waals surface area contributed by atoms with Crippen LogP contribution in [0.25, 0.3) is 11.2 Å². The number of pyridine rings is 1. The zero-order valence-electron chi connectivity index (χ0n) is 16.0. The first-order chi connectivity index (χ1) is 13.7. The minimum Gasteiger partial charge on any atom is -0.475 e. The fourth-order valence-corrected chi connectivity index (χ4v) is 2.57. The van der Waals surface area contributed by atoms with Gasteiger partial charge in [0.1, 0.15) is 6.61 Å². The van der Waals surface area contributed by atoms with Crippen LogP contribution in [0, 0.1) is 0 Å². The van der Waals surface area contributed by atoms with Crippen LogP contribution in [0.4, 0.5) is 5.82 Å². The molecule has 0 aliphatic rings. The first-order valence-corrected chi connectivity index (χ1v) is 9.05. The lowest BCUT2D eigenvalue weighted by Crippen LogP contribution is -2.07. The van der Waals surface area contributed by atoms with Crippen molar-refractivity contribution in [2.45, 2.75) is 26.3 Å². The van der Waals surface area contributed by atoms with Gasteiger partial charge in [0.05, 0.1) is 26.9 Å². The van der Waals surface area contributed by atoms with Gasteiger partial charge in [0.15, 0.2) is 17.0 Å². The number of hydrogen-bond acceptors (Lipinski definition) is 9. The van der Waals surface area contributed by atoms with Crippen molar-refractivity contribution >= 4 is 17.0 Å². The highest BCUT2D eigenvalue weighted by atomic mass is 16.5. The topological polar surface area (TPSA) is 130 Å². The highest BCUT2D eigenvalue weighted by Crippen LogP contribution is 2.26. The molecule has 0 fully saturated rings. The van der Waals surface area contributed by atoms with Crippen molar-refractivity contribution in [3.05, 3.63) is 23.9 Å². The molecule has 0 radical (unpaired) electrons. The summed E-state index contributed by atoms with van der Waals surface area (Å²) in [6, 6.07) is 4.18. The van der Waals surface area contributed by atoms with E-state index in [4.69, 9.17) is 25.1 Å². The second-order valence-corrected chi connectivity index (χ2v) is 6.03. The maximum absolute atomic E-state index is 8.82. The number of ether oxygens (including phenoxy) is 3. The maximum atomic E-state index is 8.82. The lowest BCUT2D eigenvalue weighted by atomic mass is 10.3. The van der Waals surface area contributed by atoms with Crippen molar-refractivity contribution in [1.29, 1.82) is 0 Å². The van der Waals surface area contributed by atoms with E-state index >= 15 is 0 Å². The van der Waals surface area contributed by atoms with Gasteiger partial charge in [-0.3, -0.25) is 4.57 Å². The molecule has 10 heteroatoms. The van der Waals surface area contributed by atoms with Gasteiger partial charge in [-0.25, -0.2) is 4.98 Å². The summed E-state index contributed by atoms with van der Waals surface area (Å²) in [6.07, 6.45) is 3.59. The number of nitrogen functional groups attached to an aromatic ring is 1. The standard InChI is InChI=1S/C18H24N6O4/c1-3-4-8-28-17-22-15(19)14-16(23-17)24(18(21-14)26-2)11-12-5-6-13(20-10-12)27-9-7-25/h5-6,10,25H,3-4,7-9,11H2,1-2H3,(H2,19,22,23). The minimum absolute atomic E-state index is 0.0640. The Balaban J connectivity index is 1.90. The lowest BCUT2D eigenvalue weighted by Gasteiger charge is -2.09. The third kappa shape index (κ3) is 4.39. The highest BCUT2D eigenvalue weighted by molar-refractivity contribution is 5.83. The molecular weight excluding hydrogens is 364 g/mol. The van der Waals surface area contributed by atoms with Crippen LogP contribution in [0.15, 0.2) is 18.3 Å². The van der Waals surface area contributed by atoms with Crippen LogP contribution >= 0.6 is 0 Å². The van der Waals surface area contributed by atoms with E-state index in [9.17, 15) is 0 Å². The molecule has 0 bridgehead atoms. The summed E-state index contributed by atoms with van der Waals surface area (Å²) < 4.78 is 18.1. The van der Waals surface area contributed by atoms with Gasteiger partial charge in [-0.15, -0.1) is 0 Å². The Bertz CT molecular complexity index is 913. The van der Waals surface area contributed by atoms with Crippen molar-refractivity contribution in [3.8, 4) is 17.9 Å². The van der Waals surface area contributed by atoms with Crippen LogP contribution in [-0.4, -0.2) is 56.5 Å². The van der Waals surface area contributed by atoms with E-state index in [2.05, 4.69) is 26.9 Å². The van der Waals surface area contributed by atoms with Crippen molar-refractivity contribution in [2.24, 2.45) is 0 Å². The summed E-state index contributed by atoms with van der Waals surface area (Å²) in [4.78, 5) is 17.2. The van der Waals surface area contributed by atoms with Gasteiger partial charge in [-0.1, -0.05) is 19.4 Å². The van der Waals surface area contributed by atoms with Gasteiger partial charge in [-0.05, 0) is 12.0 Å². The third-order valence-corrected chi connectivity index (χ3v) is 3.96. The van der Waals surface area contributed by atoms with E-state index in [-0.39, 0.29) is 25.0 Å². The van der Waals surface area contributed by atoms with Gasteiger partial charge in [-0.2, -0.15) is 15.0 Å². The summed E-state index contributed by atoms with van der Waals surface area (Å²) >= 11 is 0. The van der Waals surface area contributed by atoms with E-state index in [1.165, 1.54) is 7.11 Å². The van der Waals surface area contributed by atoms with Crippen molar-refractivity contribution < 1.29 is 19.3 Å². The van der Waals surface area contributed by atoms with Crippen LogP contribution in [0.3, 0.4) is 0 Å². The van der Waals surface area contributed by atoms with E-state index < -0.39 is 0 Å². The molecule has 3 rings (SSSR count). The molecule has 3 N–H and O–H groups in total. The molecule has 0 amide bonds. The SMILES string of the molecule is CCCCOc1nc(N)c2nc(OC)n(Cc3ccc(OCCO)nc3)c2n1. The number of hydrogen-bond donors (Lipinski definition) is 2. The second-order valence-electron chi connectivity index (χ2n) is 6.03. The molecule has 3 heterocycles. The zero-order valence-corrected chi connectivity index (χ0v) is 16.0. The number of nitrogens with zero attached hydrogens (tertiary/aromatic N) is 5. The van der Waals surface area contributed by atoms with Crippen molar-refractivity contribution in [3.63, 3.8) is 0 Å². The first kappa shape index (κ1) is 19.6. The number of fused-ring (bicyclic) bond motifs is 1. The number of nitrogens with two attached hydrogens (primary N) is 1. The van der Waals surface area contributed by atoms with Crippen LogP contribution in [-0.2, 0) is 6.54 Å². The summed E-state index contributed by atoms with van der Waals surface area (Å²) in [6.45, 7) is 3.15. The predicted octanol–water partition coefficient (Wildman–Crippen LogP) is 1.41. The van der Waals surface area contributed by atoms with Gasteiger partial charge < -0.3 is 25.1 Å². The summed E-state index contributed by atoms with van der Waals surface area (Å²) in [5, 5.41) is 8.82. The summed E-state index contributed by atoms with van der Waals surface area (Å²) in [5.74, 6) is 0.679. The number of methoxy groups -OCH3 is 1. The van der Waals surface area contributed by atoms with Crippen molar-refractivity contribution in [1.82, 2.24) is 24.5 Å². The Labute approximate surface area is 162 Å². The number of rotatable bonds is 10. The molecule has 10 nitrogen and oxygen atoms in total. The molecule has 0 atom stereocenters. The maximum Gasteiger partial charge on any atom is 0.320 e. The molecule has 0 spiro atoms. The van der Waals surface area contributed by atoms with Gasteiger partial charge in [0.25, 0.3) is 6.01 Å². The van der Waals surface area contributed by atoms with Crippen LogP contribution in [0.1, 0.15) is 25.3 Å². The Morgan fingerprint density at radius 3 is 2.68 bits per heavy atom. The minimum atomic E-state index is -0.0640. The number of imidazole rings is 1. The molecule has 0 saturated carbocycles. The third-order valence-electron chi connectivity index (χ3n) is 3.96. The highest BCUT2D eigenvalue weighted by Gasteiger charge is 2.18. The first-order valence-electron chi connectivity index (χ1n) is 9.05. The Kier molecular flexibility index (Phi) is 6.43. The lowest BCUT2D eigenvalue weighted by molar-refractivity contribution is 0.196. The molecule has 150 valence electrons. The predicted molar refractivity (Wildman–Crippen MR) is 103 cm³/mol. The van der Waals surface area contributed by atoms with Gasteiger partial charge in [0.2, 0.25) is 5.88 Å². The van der Waals surface area contributed by atoms with Crippen LogP contribution < -0.4 is 19.9 Å². The largest absolute Gasteiger partial charge is 0.475 e. The zero-order chi connectivity index (χ0) is 19.9. The smallest absolute Gasteiger partial charge is 0.320 e. The van der Waals surface area contributed by atoms with E-state index in [0.29, 0.717) is 36.2 Å². The van der Waals surface area contributed by atoms with Gasteiger partial charge >= 0.3 is 6.01 Å². The van der Waals surface area contributed by atoms with Crippen molar-refractivity contribution in [2.75, 3.05) is 32.7 Å². The second kappa shape index (κ2) is 9.18. The van der Waals surface area contributed by atoms with Crippen LogP contribution in [0.2, 0.25) is 0 Å². The fourth-order valence-electron chi connectivity index (χ4n) is 2.57. The van der Waals surface area contributed by atoms with E-state index in [1.54, 1.807) is 16.8 Å². The Hall–Kier alpha value is -3.14. The van der Waals surface area contributed by atoms with E-state index in [0.717, 1.165) is 18.4 Å². The van der Waals surface area contributed by atoms with E-state index in [1.807, 2.05) is 6.07 Å². The number of anilines is 1. The fraction of sp³-hybridized carbons (Fsp3) is 0.444. The molecule has 0 aromatic carbocycles. The Morgan fingerprint density at radius 1 is 1.14 bits per heavy atom. The monoisotopic (exact) mass is 388 g/mol. The number of aromatic nitrogens is 5. The molecule has 0 aliphatic heterocycles. The van der Waals surface area contributed by atoms with Crippen LogP contribution in [0.5, 0.6) is 17.9 Å². The Morgan fingerprint density at radius 2 is 2.00 bits per heavy atom. The molecule has 28 heavy (non-hydrogen) atoms. The molecule has 0 saturated heterocycles.